The zero-order valence-electron chi connectivity index (χ0n) is 23.2. The first kappa shape index (κ1) is 25.3. The van der Waals surface area contributed by atoms with Crippen molar-refractivity contribution in [2.75, 3.05) is 0 Å². The SMILES string of the molecule is c1ccc(-c2cc(-c3ccccc3)nc(-c3ccc(-c4cccc5sc(-c6ccccc6)nc45)c4ccccc34)n2)cc1. The molecule has 0 radical (unpaired) electrons. The highest BCUT2D eigenvalue weighted by Crippen LogP contribution is 2.40. The number of fused-ring (bicyclic) bond motifs is 2. The van der Waals surface area contributed by atoms with Crippen molar-refractivity contribution < 1.29 is 0 Å². The Balaban J connectivity index is 1.32. The quantitative estimate of drug-likeness (QED) is 0.208. The predicted octanol–water partition coefficient (Wildman–Crippen LogP) is 10.6. The third-order valence-electron chi connectivity index (χ3n) is 7.76. The van der Waals surface area contributed by atoms with Crippen LogP contribution in [0.5, 0.6) is 0 Å². The van der Waals surface area contributed by atoms with Crippen LogP contribution in [0.15, 0.2) is 152 Å². The molecule has 2 aromatic heterocycles. The van der Waals surface area contributed by atoms with E-state index in [1.54, 1.807) is 11.3 Å². The molecule has 0 saturated carbocycles. The smallest absolute Gasteiger partial charge is 0.161 e. The Morgan fingerprint density at radius 1 is 0.395 bits per heavy atom. The average molecular weight is 568 g/mol. The van der Waals surface area contributed by atoms with Crippen molar-refractivity contribution in [3.8, 4) is 55.6 Å². The standard InChI is InChI=1S/C39H25N3S/c1-4-13-26(14-5-1)34-25-35(27-15-6-2-7-16-27)41-38(40-34)33-24-23-31(29-19-10-11-20-30(29)33)32-21-12-22-36-37(32)42-39(43-36)28-17-8-3-9-18-28/h1-25H. The molecular weight excluding hydrogens is 543 g/mol. The second kappa shape index (κ2) is 10.8. The lowest BCUT2D eigenvalue weighted by atomic mass is 9.94. The first-order valence-electron chi connectivity index (χ1n) is 14.3. The highest BCUT2D eigenvalue weighted by molar-refractivity contribution is 7.21. The van der Waals surface area contributed by atoms with Crippen LogP contribution in [0.1, 0.15) is 0 Å². The summed E-state index contributed by atoms with van der Waals surface area (Å²) in [5.74, 6) is 0.709. The van der Waals surface area contributed by atoms with Gasteiger partial charge in [0, 0.05) is 27.8 Å². The maximum absolute atomic E-state index is 5.13. The fraction of sp³-hybridized carbons (Fsp3) is 0. The van der Waals surface area contributed by atoms with Crippen LogP contribution in [-0.4, -0.2) is 15.0 Å². The summed E-state index contributed by atoms with van der Waals surface area (Å²) in [4.78, 5) is 15.4. The molecule has 0 saturated heterocycles. The minimum absolute atomic E-state index is 0.709. The maximum atomic E-state index is 5.13. The zero-order valence-corrected chi connectivity index (χ0v) is 24.0. The monoisotopic (exact) mass is 567 g/mol. The van der Waals surface area contributed by atoms with Crippen LogP contribution in [0.4, 0.5) is 0 Å². The van der Waals surface area contributed by atoms with Crippen molar-refractivity contribution in [1.29, 1.82) is 0 Å². The summed E-state index contributed by atoms with van der Waals surface area (Å²) >= 11 is 1.73. The van der Waals surface area contributed by atoms with Crippen molar-refractivity contribution in [2.45, 2.75) is 0 Å². The van der Waals surface area contributed by atoms with Gasteiger partial charge >= 0.3 is 0 Å². The number of thiazole rings is 1. The summed E-state index contributed by atoms with van der Waals surface area (Å²) < 4.78 is 1.18. The summed E-state index contributed by atoms with van der Waals surface area (Å²) in [6, 6.07) is 52.5. The van der Waals surface area contributed by atoms with Crippen molar-refractivity contribution in [2.24, 2.45) is 0 Å². The number of aromatic nitrogens is 3. The number of hydrogen-bond donors (Lipinski definition) is 0. The second-order valence-corrected chi connectivity index (χ2v) is 11.5. The minimum Gasteiger partial charge on any atom is -0.235 e. The third kappa shape index (κ3) is 4.68. The van der Waals surface area contributed by atoms with Crippen LogP contribution in [0.2, 0.25) is 0 Å². The van der Waals surface area contributed by atoms with E-state index in [0.717, 1.165) is 66.1 Å². The Morgan fingerprint density at radius 2 is 0.930 bits per heavy atom. The average Bonchev–Trinajstić information content (AvgIpc) is 3.54. The highest BCUT2D eigenvalue weighted by Gasteiger charge is 2.17. The van der Waals surface area contributed by atoms with E-state index in [1.165, 1.54) is 4.70 Å². The molecule has 0 aliphatic carbocycles. The molecule has 0 fully saturated rings. The molecular formula is C39H25N3S. The van der Waals surface area contributed by atoms with Gasteiger partial charge in [0.2, 0.25) is 0 Å². The molecule has 8 aromatic rings. The zero-order chi connectivity index (χ0) is 28.6. The van der Waals surface area contributed by atoms with E-state index in [-0.39, 0.29) is 0 Å². The lowest BCUT2D eigenvalue weighted by Crippen LogP contribution is -1.97. The summed E-state index contributed by atoms with van der Waals surface area (Å²) in [5, 5.41) is 3.29. The van der Waals surface area contributed by atoms with E-state index in [0.29, 0.717) is 5.82 Å². The van der Waals surface area contributed by atoms with Crippen molar-refractivity contribution in [3.05, 3.63) is 152 Å². The first-order chi connectivity index (χ1) is 21.3. The first-order valence-corrected chi connectivity index (χ1v) is 15.1. The Labute approximate surface area is 253 Å². The van der Waals surface area contributed by atoms with Crippen LogP contribution in [0, 0.1) is 0 Å². The molecule has 0 aliphatic rings. The number of hydrogen-bond acceptors (Lipinski definition) is 4. The van der Waals surface area contributed by atoms with E-state index in [2.05, 4.69) is 109 Å². The topological polar surface area (TPSA) is 38.7 Å². The summed E-state index contributed by atoms with van der Waals surface area (Å²) in [6.07, 6.45) is 0. The van der Waals surface area contributed by atoms with Crippen molar-refractivity contribution >= 4 is 32.3 Å². The van der Waals surface area contributed by atoms with Gasteiger partial charge in [0.1, 0.15) is 5.01 Å². The molecule has 8 rings (SSSR count). The van der Waals surface area contributed by atoms with Crippen molar-refractivity contribution in [3.63, 3.8) is 0 Å². The van der Waals surface area contributed by atoms with Gasteiger partial charge in [-0.15, -0.1) is 11.3 Å². The third-order valence-corrected chi connectivity index (χ3v) is 8.83. The number of nitrogens with zero attached hydrogens (tertiary/aromatic N) is 3. The molecule has 0 bridgehead atoms. The van der Waals surface area contributed by atoms with Crippen LogP contribution >= 0.6 is 11.3 Å². The van der Waals surface area contributed by atoms with Gasteiger partial charge in [-0.05, 0) is 34.5 Å². The number of rotatable bonds is 5. The molecule has 2 heterocycles. The van der Waals surface area contributed by atoms with Gasteiger partial charge in [-0.1, -0.05) is 133 Å². The largest absolute Gasteiger partial charge is 0.235 e. The Kier molecular flexibility index (Phi) is 6.32. The fourth-order valence-corrected chi connectivity index (χ4v) is 6.68. The molecule has 0 atom stereocenters. The van der Waals surface area contributed by atoms with Gasteiger partial charge in [-0.2, -0.15) is 0 Å². The molecule has 202 valence electrons. The van der Waals surface area contributed by atoms with Gasteiger partial charge in [-0.25, -0.2) is 15.0 Å². The lowest BCUT2D eigenvalue weighted by Gasteiger charge is -2.14. The van der Waals surface area contributed by atoms with E-state index >= 15 is 0 Å². The lowest BCUT2D eigenvalue weighted by molar-refractivity contribution is 1.19. The molecule has 43 heavy (non-hydrogen) atoms. The van der Waals surface area contributed by atoms with Gasteiger partial charge in [0.25, 0.3) is 0 Å². The molecule has 0 aliphatic heterocycles. The highest BCUT2D eigenvalue weighted by atomic mass is 32.1. The molecule has 6 aromatic carbocycles. The van der Waals surface area contributed by atoms with E-state index in [9.17, 15) is 0 Å². The van der Waals surface area contributed by atoms with Crippen LogP contribution in [-0.2, 0) is 0 Å². The summed E-state index contributed by atoms with van der Waals surface area (Å²) in [5.41, 5.74) is 9.38. The Bertz CT molecular complexity index is 2170. The van der Waals surface area contributed by atoms with Crippen LogP contribution in [0.25, 0.3) is 76.6 Å². The minimum atomic E-state index is 0.709. The second-order valence-electron chi connectivity index (χ2n) is 10.4. The van der Waals surface area contributed by atoms with E-state index < -0.39 is 0 Å². The Morgan fingerprint density at radius 3 is 1.56 bits per heavy atom. The molecule has 0 unspecified atom stereocenters. The normalized spacial score (nSPS) is 11.3. The summed E-state index contributed by atoms with van der Waals surface area (Å²) in [7, 11) is 0. The molecule has 0 N–H and O–H groups in total. The van der Waals surface area contributed by atoms with E-state index in [4.69, 9.17) is 15.0 Å². The summed E-state index contributed by atoms with van der Waals surface area (Å²) in [6.45, 7) is 0. The van der Waals surface area contributed by atoms with Gasteiger partial charge < -0.3 is 0 Å². The number of para-hydroxylation sites is 1. The molecule has 4 heteroatoms. The molecule has 3 nitrogen and oxygen atoms in total. The molecule has 0 spiro atoms. The number of benzene rings is 6. The van der Waals surface area contributed by atoms with Crippen LogP contribution < -0.4 is 0 Å². The van der Waals surface area contributed by atoms with Gasteiger partial charge in [-0.3, -0.25) is 0 Å². The van der Waals surface area contributed by atoms with Crippen molar-refractivity contribution in [1.82, 2.24) is 15.0 Å². The molecule has 0 amide bonds. The van der Waals surface area contributed by atoms with E-state index in [1.807, 2.05) is 42.5 Å². The Hall–Kier alpha value is -5.45. The maximum Gasteiger partial charge on any atom is 0.161 e. The van der Waals surface area contributed by atoms with Gasteiger partial charge in [0.05, 0.1) is 21.6 Å². The fourth-order valence-electron chi connectivity index (χ4n) is 5.68. The van der Waals surface area contributed by atoms with Gasteiger partial charge in [0.15, 0.2) is 5.82 Å². The van der Waals surface area contributed by atoms with Crippen LogP contribution in [0.3, 0.4) is 0 Å². The predicted molar refractivity (Wildman–Crippen MR) is 180 cm³/mol.